The number of aryl methyl sites for hydroxylation is 1. The van der Waals surface area contributed by atoms with Gasteiger partial charge >= 0.3 is 5.97 Å². The molecule has 15 heavy (non-hydrogen) atoms. The van der Waals surface area contributed by atoms with Crippen molar-refractivity contribution in [1.82, 2.24) is 9.97 Å². The minimum atomic E-state index is -0.800. The number of carboxylic acid groups (broad SMARTS) is 1. The Balaban J connectivity index is 2.79. The molecule has 0 aliphatic heterocycles. The predicted molar refractivity (Wildman–Crippen MR) is 58.9 cm³/mol. The second-order valence-electron chi connectivity index (χ2n) is 3.56. The van der Waals surface area contributed by atoms with Crippen LogP contribution in [0, 0.1) is 12.8 Å². The molecule has 0 bridgehead atoms. The van der Waals surface area contributed by atoms with E-state index in [9.17, 15) is 4.79 Å². The lowest BCUT2D eigenvalue weighted by molar-refractivity contribution is -0.137. The summed E-state index contributed by atoms with van der Waals surface area (Å²) in [5.74, 6) is -0.0677. The number of thioether (sulfide) groups is 1. The smallest absolute Gasteiger partial charge is 0.317 e. The standard InChI is InChI=1S/C10H14N2O2S/c1-6(2)9(10(13)14)15-8-4-5-11-7(3)12-8/h4-6,9H,1-3H3,(H,13,14). The van der Waals surface area contributed by atoms with Gasteiger partial charge in [-0.15, -0.1) is 0 Å². The first kappa shape index (κ1) is 12.0. The highest BCUT2D eigenvalue weighted by molar-refractivity contribution is 8.00. The lowest BCUT2D eigenvalue weighted by Gasteiger charge is -2.14. The molecule has 1 heterocycles. The van der Waals surface area contributed by atoms with Gasteiger partial charge in [-0.25, -0.2) is 9.97 Å². The van der Waals surface area contributed by atoms with Crippen LogP contribution < -0.4 is 0 Å². The molecule has 0 saturated carbocycles. The summed E-state index contributed by atoms with van der Waals surface area (Å²) in [6.45, 7) is 5.56. The number of hydrogen-bond donors (Lipinski definition) is 1. The van der Waals surface area contributed by atoms with Crippen molar-refractivity contribution in [2.24, 2.45) is 5.92 Å². The molecule has 1 aromatic rings. The summed E-state index contributed by atoms with van der Waals surface area (Å²) in [6.07, 6.45) is 1.64. The molecular formula is C10H14N2O2S. The van der Waals surface area contributed by atoms with Gasteiger partial charge in [-0.2, -0.15) is 0 Å². The van der Waals surface area contributed by atoms with Gasteiger partial charge in [0.05, 0.1) is 0 Å². The van der Waals surface area contributed by atoms with E-state index in [4.69, 9.17) is 5.11 Å². The zero-order valence-electron chi connectivity index (χ0n) is 8.97. The van der Waals surface area contributed by atoms with E-state index in [-0.39, 0.29) is 5.92 Å². The summed E-state index contributed by atoms with van der Waals surface area (Å²) in [5.41, 5.74) is 0. The Kier molecular flexibility index (Phi) is 4.08. The van der Waals surface area contributed by atoms with Crippen molar-refractivity contribution in [3.63, 3.8) is 0 Å². The van der Waals surface area contributed by atoms with Crippen LogP contribution in [0.4, 0.5) is 0 Å². The topological polar surface area (TPSA) is 63.1 Å². The average Bonchev–Trinajstić information content (AvgIpc) is 2.13. The van der Waals surface area contributed by atoms with Crippen molar-refractivity contribution < 1.29 is 9.90 Å². The zero-order valence-corrected chi connectivity index (χ0v) is 9.78. The van der Waals surface area contributed by atoms with Gasteiger partial charge in [0, 0.05) is 6.20 Å². The monoisotopic (exact) mass is 226 g/mol. The SMILES string of the molecule is Cc1nccc(SC(C(=O)O)C(C)C)n1. The van der Waals surface area contributed by atoms with Crippen LogP contribution in [0.25, 0.3) is 0 Å². The van der Waals surface area contributed by atoms with Gasteiger partial charge < -0.3 is 5.11 Å². The molecule has 0 radical (unpaired) electrons. The summed E-state index contributed by atoms with van der Waals surface area (Å²) in [7, 11) is 0. The second kappa shape index (κ2) is 5.11. The van der Waals surface area contributed by atoms with Crippen LogP contribution in [0.15, 0.2) is 17.3 Å². The van der Waals surface area contributed by atoms with E-state index in [0.29, 0.717) is 10.9 Å². The second-order valence-corrected chi connectivity index (χ2v) is 4.72. The van der Waals surface area contributed by atoms with E-state index in [1.807, 2.05) is 13.8 Å². The molecule has 4 nitrogen and oxygen atoms in total. The van der Waals surface area contributed by atoms with Crippen LogP contribution in [0.5, 0.6) is 0 Å². The lowest BCUT2D eigenvalue weighted by atomic mass is 10.1. The van der Waals surface area contributed by atoms with E-state index in [2.05, 4.69) is 9.97 Å². The summed E-state index contributed by atoms with van der Waals surface area (Å²) < 4.78 is 0. The Morgan fingerprint density at radius 3 is 2.67 bits per heavy atom. The molecule has 1 N–H and O–H groups in total. The van der Waals surface area contributed by atoms with Crippen LogP contribution in [-0.2, 0) is 4.79 Å². The number of aliphatic carboxylic acids is 1. The summed E-state index contributed by atoms with van der Waals surface area (Å²) in [4.78, 5) is 19.1. The summed E-state index contributed by atoms with van der Waals surface area (Å²) in [6, 6.07) is 1.73. The fourth-order valence-electron chi connectivity index (χ4n) is 1.10. The van der Waals surface area contributed by atoms with Crippen molar-refractivity contribution in [3.05, 3.63) is 18.1 Å². The first-order valence-corrected chi connectivity index (χ1v) is 5.57. The molecule has 0 aliphatic rings. The molecule has 1 unspecified atom stereocenters. The number of rotatable bonds is 4. The van der Waals surface area contributed by atoms with Gasteiger partial charge in [0.2, 0.25) is 0 Å². The van der Waals surface area contributed by atoms with E-state index < -0.39 is 11.2 Å². The molecule has 0 fully saturated rings. The van der Waals surface area contributed by atoms with E-state index in [1.54, 1.807) is 19.2 Å². The number of nitrogens with zero attached hydrogens (tertiary/aromatic N) is 2. The van der Waals surface area contributed by atoms with E-state index in [0.717, 1.165) is 0 Å². The number of carbonyl (C=O) groups is 1. The largest absolute Gasteiger partial charge is 0.480 e. The molecule has 0 aromatic carbocycles. The fourth-order valence-corrected chi connectivity index (χ4v) is 2.06. The minimum Gasteiger partial charge on any atom is -0.480 e. The van der Waals surface area contributed by atoms with Crippen molar-refractivity contribution >= 4 is 17.7 Å². The van der Waals surface area contributed by atoms with Crippen molar-refractivity contribution in [1.29, 1.82) is 0 Å². The highest BCUT2D eigenvalue weighted by Crippen LogP contribution is 2.26. The molecule has 1 atom stereocenters. The van der Waals surface area contributed by atoms with Gasteiger partial charge in [0.25, 0.3) is 0 Å². The highest BCUT2D eigenvalue weighted by Gasteiger charge is 2.23. The number of hydrogen-bond acceptors (Lipinski definition) is 4. The predicted octanol–water partition coefficient (Wildman–Crippen LogP) is 1.99. The molecule has 5 heteroatoms. The minimum absolute atomic E-state index is 0.0720. The lowest BCUT2D eigenvalue weighted by Crippen LogP contribution is -2.22. The first-order chi connectivity index (χ1) is 7.00. The Bertz CT molecular complexity index is 355. The van der Waals surface area contributed by atoms with Gasteiger partial charge in [-0.05, 0) is 18.9 Å². The Labute approximate surface area is 93.1 Å². The molecule has 0 spiro atoms. The Morgan fingerprint density at radius 2 is 2.20 bits per heavy atom. The quantitative estimate of drug-likeness (QED) is 0.628. The van der Waals surface area contributed by atoms with E-state index in [1.165, 1.54) is 11.8 Å². The van der Waals surface area contributed by atoms with Gasteiger partial charge in [-0.1, -0.05) is 25.6 Å². The number of aromatic nitrogens is 2. The zero-order chi connectivity index (χ0) is 11.4. The number of carboxylic acids is 1. The maximum absolute atomic E-state index is 11.0. The third-order valence-corrected chi connectivity index (χ3v) is 3.32. The first-order valence-electron chi connectivity index (χ1n) is 4.70. The summed E-state index contributed by atoms with van der Waals surface area (Å²) >= 11 is 1.27. The molecule has 0 saturated heterocycles. The average molecular weight is 226 g/mol. The van der Waals surface area contributed by atoms with Crippen LogP contribution in [0.2, 0.25) is 0 Å². The van der Waals surface area contributed by atoms with Crippen molar-refractivity contribution in [2.45, 2.75) is 31.0 Å². The third-order valence-electron chi connectivity index (χ3n) is 1.85. The summed E-state index contributed by atoms with van der Waals surface area (Å²) in [5, 5.41) is 9.26. The van der Waals surface area contributed by atoms with Gasteiger partial charge in [0.15, 0.2) is 0 Å². The fraction of sp³-hybridized carbons (Fsp3) is 0.500. The van der Waals surface area contributed by atoms with Crippen molar-refractivity contribution in [2.75, 3.05) is 0 Å². The van der Waals surface area contributed by atoms with Crippen molar-refractivity contribution in [3.8, 4) is 0 Å². The highest BCUT2D eigenvalue weighted by atomic mass is 32.2. The molecule has 1 aromatic heterocycles. The van der Waals surface area contributed by atoms with E-state index >= 15 is 0 Å². The molecule has 0 aliphatic carbocycles. The molecule has 1 rings (SSSR count). The third kappa shape index (κ3) is 3.51. The Morgan fingerprint density at radius 1 is 1.53 bits per heavy atom. The molecule has 0 amide bonds. The van der Waals surface area contributed by atoms with Crippen LogP contribution in [0.3, 0.4) is 0 Å². The molecule has 82 valence electrons. The molecular weight excluding hydrogens is 212 g/mol. The maximum atomic E-state index is 11.0. The maximum Gasteiger partial charge on any atom is 0.317 e. The van der Waals surface area contributed by atoms with Crippen LogP contribution in [-0.4, -0.2) is 26.3 Å². The van der Waals surface area contributed by atoms with Gasteiger partial charge in [0.1, 0.15) is 16.1 Å². The Hall–Kier alpha value is -1.10. The van der Waals surface area contributed by atoms with Crippen LogP contribution in [0.1, 0.15) is 19.7 Å². The van der Waals surface area contributed by atoms with Crippen LogP contribution >= 0.6 is 11.8 Å². The normalized spacial score (nSPS) is 12.8. The van der Waals surface area contributed by atoms with Gasteiger partial charge in [-0.3, -0.25) is 4.79 Å².